The number of aromatic nitrogens is 2. The molecule has 1 aliphatic rings. The lowest BCUT2D eigenvalue weighted by molar-refractivity contribution is 0.102. The zero-order chi connectivity index (χ0) is 16.9. The molecule has 0 unspecified atom stereocenters. The normalized spacial score (nSPS) is 15.0. The van der Waals surface area contributed by atoms with Gasteiger partial charge >= 0.3 is 0 Å². The maximum Gasteiger partial charge on any atom is 0.274 e. The number of nitrogens with zero attached hydrogens (tertiary/aromatic N) is 3. The summed E-state index contributed by atoms with van der Waals surface area (Å²) in [7, 11) is 0. The van der Waals surface area contributed by atoms with Crippen LogP contribution in [-0.2, 0) is 0 Å². The molecule has 0 saturated carbocycles. The minimum absolute atomic E-state index is 0.209. The van der Waals surface area contributed by atoms with Crippen LogP contribution in [0, 0.1) is 6.92 Å². The molecular formula is C18H21BrN4O. The van der Waals surface area contributed by atoms with Crippen molar-refractivity contribution in [2.75, 3.05) is 23.3 Å². The predicted octanol–water partition coefficient (Wildman–Crippen LogP) is 4.18. The molecule has 1 aliphatic heterocycles. The molecule has 1 aromatic heterocycles. The summed E-state index contributed by atoms with van der Waals surface area (Å²) < 4.78 is 0.989. The Morgan fingerprint density at radius 1 is 1.17 bits per heavy atom. The highest BCUT2D eigenvalue weighted by atomic mass is 79.9. The molecule has 0 spiro atoms. The largest absolute Gasteiger partial charge is 0.341 e. The fourth-order valence-electron chi connectivity index (χ4n) is 2.85. The highest BCUT2D eigenvalue weighted by Crippen LogP contribution is 2.21. The number of hydrogen-bond donors (Lipinski definition) is 1. The molecule has 1 aromatic carbocycles. The average molecular weight is 389 g/mol. The molecule has 1 saturated heterocycles. The van der Waals surface area contributed by atoms with E-state index in [1.807, 2.05) is 25.1 Å². The molecule has 5 nitrogen and oxygen atoms in total. The molecule has 1 amide bonds. The van der Waals surface area contributed by atoms with Gasteiger partial charge in [0.15, 0.2) is 0 Å². The van der Waals surface area contributed by atoms with Gasteiger partial charge in [-0.1, -0.05) is 28.8 Å². The lowest BCUT2D eigenvalue weighted by Crippen LogP contribution is -2.27. The van der Waals surface area contributed by atoms with E-state index in [1.54, 1.807) is 12.3 Å². The van der Waals surface area contributed by atoms with E-state index in [2.05, 4.69) is 36.1 Å². The Balaban J connectivity index is 1.76. The van der Waals surface area contributed by atoms with Crippen LogP contribution in [0.15, 0.2) is 34.9 Å². The Bertz CT molecular complexity index is 727. The van der Waals surface area contributed by atoms with Gasteiger partial charge in [-0.3, -0.25) is 4.79 Å². The Morgan fingerprint density at radius 2 is 1.92 bits per heavy atom. The van der Waals surface area contributed by atoms with Crippen LogP contribution in [0.2, 0.25) is 0 Å². The number of anilines is 2. The summed E-state index contributed by atoms with van der Waals surface area (Å²) in [5, 5.41) is 2.93. The smallest absolute Gasteiger partial charge is 0.274 e. The molecule has 0 atom stereocenters. The van der Waals surface area contributed by atoms with Crippen LogP contribution < -0.4 is 10.2 Å². The summed E-state index contributed by atoms with van der Waals surface area (Å²) in [6.07, 6.45) is 6.46. The maximum atomic E-state index is 12.5. The minimum Gasteiger partial charge on any atom is -0.341 e. The Morgan fingerprint density at radius 3 is 2.62 bits per heavy atom. The van der Waals surface area contributed by atoms with Gasteiger partial charge in [-0.15, -0.1) is 0 Å². The SMILES string of the molecule is Cc1cc(Br)ccc1NC(=O)c1ccnc(N2CCCCCC2)n1. The van der Waals surface area contributed by atoms with Crippen LogP contribution in [0.25, 0.3) is 0 Å². The van der Waals surface area contributed by atoms with Gasteiger partial charge in [0, 0.05) is 29.4 Å². The standard InChI is InChI=1S/C18H21BrN4O/c1-13-12-14(19)6-7-15(13)21-17(24)16-8-9-20-18(22-16)23-10-4-2-3-5-11-23/h6-9,12H,2-5,10-11H2,1H3,(H,21,24). The van der Waals surface area contributed by atoms with Crippen molar-refractivity contribution in [3.05, 3.63) is 46.2 Å². The zero-order valence-electron chi connectivity index (χ0n) is 13.8. The van der Waals surface area contributed by atoms with E-state index in [0.717, 1.165) is 41.7 Å². The monoisotopic (exact) mass is 388 g/mol. The first-order valence-corrected chi connectivity index (χ1v) is 9.08. The summed E-state index contributed by atoms with van der Waals surface area (Å²) >= 11 is 3.43. The van der Waals surface area contributed by atoms with Crippen LogP contribution in [-0.4, -0.2) is 29.0 Å². The number of hydrogen-bond acceptors (Lipinski definition) is 4. The van der Waals surface area contributed by atoms with Gasteiger partial charge < -0.3 is 10.2 Å². The van der Waals surface area contributed by atoms with Crippen molar-refractivity contribution in [3.8, 4) is 0 Å². The van der Waals surface area contributed by atoms with Gasteiger partial charge in [0.05, 0.1) is 0 Å². The molecule has 2 heterocycles. The molecule has 6 heteroatoms. The van der Waals surface area contributed by atoms with Crippen molar-refractivity contribution in [2.45, 2.75) is 32.6 Å². The summed E-state index contributed by atoms with van der Waals surface area (Å²) in [6, 6.07) is 7.42. The number of carbonyl (C=O) groups is 1. The number of aryl methyl sites for hydroxylation is 1. The quantitative estimate of drug-likeness (QED) is 0.856. The highest BCUT2D eigenvalue weighted by molar-refractivity contribution is 9.10. The van der Waals surface area contributed by atoms with E-state index in [0.29, 0.717) is 11.6 Å². The van der Waals surface area contributed by atoms with Gasteiger partial charge in [0.25, 0.3) is 5.91 Å². The third kappa shape index (κ3) is 4.12. The minimum atomic E-state index is -0.209. The Hall–Kier alpha value is -1.95. The molecule has 2 aromatic rings. The molecule has 0 aliphatic carbocycles. The molecular weight excluding hydrogens is 368 g/mol. The first-order chi connectivity index (χ1) is 11.6. The van der Waals surface area contributed by atoms with Gasteiger partial charge in [0.2, 0.25) is 5.95 Å². The maximum absolute atomic E-state index is 12.5. The Labute approximate surface area is 150 Å². The van der Waals surface area contributed by atoms with Gasteiger partial charge in [-0.2, -0.15) is 0 Å². The second kappa shape index (κ2) is 7.75. The van der Waals surface area contributed by atoms with Crippen molar-refractivity contribution in [2.24, 2.45) is 0 Å². The molecule has 3 rings (SSSR count). The molecule has 1 fully saturated rings. The zero-order valence-corrected chi connectivity index (χ0v) is 15.3. The lowest BCUT2D eigenvalue weighted by Gasteiger charge is -2.20. The van der Waals surface area contributed by atoms with E-state index in [4.69, 9.17) is 0 Å². The fourth-order valence-corrected chi connectivity index (χ4v) is 3.33. The van der Waals surface area contributed by atoms with Crippen LogP contribution in [0.5, 0.6) is 0 Å². The van der Waals surface area contributed by atoms with Crippen molar-refractivity contribution >= 4 is 33.5 Å². The second-order valence-corrected chi connectivity index (χ2v) is 6.97. The van der Waals surface area contributed by atoms with Crippen molar-refractivity contribution in [1.29, 1.82) is 0 Å². The summed E-state index contributed by atoms with van der Waals surface area (Å²) in [6.45, 7) is 3.87. The summed E-state index contributed by atoms with van der Waals surface area (Å²) in [4.78, 5) is 23.5. The number of carbonyl (C=O) groups excluding carboxylic acids is 1. The van der Waals surface area contributed by atoms with Crippen LogP contribution in [0.1, 0.15) is 41.7 Å². The molecule has 1 N–H and O–H groups in total. The Kier molecular flexibility index (Phi) is 5.45. The average Bonchev–Trinajstić information content (AvgIpc) is 2.87. The van der Waals surface area contributed by atoms with Crippen molar-refractivity contribution in [1.82, 2.24) is 9.97 Å². The van der Waals surface area contributed by atoms with E-state index < -0.39 is 0 Å². The van der Waals surface area contributed by atoms with Crippen molar-refractivity contribution < 1.29 is 4.79 Å². The number of amides is 1. The van der Waals surface area contributed by atoms with E-state index in [9.17, 15) is 4.79 Å². The van der Waals surface area contributed by atoms with E-state index in [-0.39, 0.29) is 5.91 Å². The molecule has 126 valence electrons. The van der Waals surface area contributed by atoms with Gasteiger partial charge in [-0.05, 0) is 49.6 Å². The third-order valence-electron chi connectivity index (χ3n) is 4.20. The fraction of sp³-hybridized carbons (Fsp3) is 0.389. The van der Waals surface area contributed by atoms with Gasteiger partial charge in [0.1, 0.15) is 5.69 Å². The first-order valence-electron chi connectivity index (χ1n) is 8.29. The summed E-state index contributed by atoms with van der Waals surface area (Å²) in [5.74, 6) is 0.441. The lowest BCUT2D eigenvalue weighted by atomic mass is 10.2. The topological polar surface area (TPSA) is 58.1 Å². The number of halogens is 1. The predicted molar refractivity (Wildman–Crippen MR) is 99.5 cm³/mol. The first kappa shape index (κ1) is 16.9. The van der Waals surface area contributed by atoms with E-state index >= 15 is 0 Å². The number of benzene rings is 1. The number of rotatable bonds is 3. The summed E-state index contributed by atoms with van der Waals surface area (Å²) in [5.41, 5.74) is 2.18. The van der Waals surface area contributed by atoms with E-state index in [1.165, 1.54) is 12.8 Å². The van der Waals surface area contributed by atoms with Crippen LogP contribution in [0.3, 0.4) is 0 Å². The number of nitrogens with one attached hydrogen (secondary N) is 1. The highest BCUT2D eigenvalue weighted by Gasteiger charge is 2.15. The van der Waals surface area contributed by atoms with Crippen LogP contribution in [0.4, 0.5) is 11.6 Å². The molecule has 0 radical (unpaired) electrons. The van der Waals surface area contributed by atoms with Crippen molar-refractivity contribution in [3.63, 3.8) is 0 Å². The molecule has 0 bridgehead atoms. The third-order valence-corrected chi connectivity index (χ3v) is 4.69. The molecule has 24 heavy (non-hydrogen) atoms. The van der Waals surface area contributed by atoms with Gasteiger partial charge in [-0.25, -0.2) is 9.97 Å². The second-order valence-electron chi connectivity index (χ2n) is 6.06. The van der Waals surface area contributed by atoms with Crippen LogP contribution >= 0.6 is 15.9 Å².